The van der Waals surface area contributed by atoms with Gasteiger partial charge in [0.2, 0.25) is 0 Å². The van der Waals surface area contributed by atoms with Gasteiger partial charge in [-0.1, -0.05) is 12.1 Å². The highest BCUT2D eigenvalue weighted by Gasteiger charge is 2.29. The van der Waals surface area contributed by atoms with E-state index in [1.807, 2.05) is 24.3 Å². The zero-order chi connectivity index (χ0) is 26.0. The lowest BCUT2D eigenvalue weighted by Gasteiger charge is -2.34. The SMILES string of the molecule is CC1(Oc2ccnc(C(=O)Nc3ccc(-c4cc5c(N6CCOCC6)ncnc5[nH]4)cc3)c2)CCNCC1. The molecule has 2 fully saturated rings. The van der Waals surface area contributed by atoms with Gasteiger partial charge in [0.15, 0.2) is 0 Å². The average molecular weight is 514 g/mol. The van der Waals surface area contributed by atoms with Crippen LogP contribution in [0.4, 0.5) is 11.5 Å². The largest absolute Gasteiger partial charge is 0.487 e. The topological polar surface area (TPSA) is 117 Å². The fourth-order valence-electron chi connectivity index (χ4n) is 4.98. The van der Waals surface area contributed by atoms with Crippen molar-refractivity contribution in [3.05, 3.63) is 60.7 Å². The quantitative estimate of drug-likeness (QED) is 0.358. The van der Waals surface area contributed by atoms with Crippen LogP contribution < -0.4 is 20.3 Å². The number of amides is 1. The Morgan fingerprint density at radius 3 is 2.63 bits per heavy atom. The third-order valence-electron chi connectivity index (χ3n) is 7.16. The van der Waals surface area contributed by atoms with E-state index in [-0.39, 0.29) is 11.5 Å². The van der Waals surface area contributed by atoms with Crippen molar-refractivity contribution >= 4 is 28.4 Å². The monoisotopic (exact) mass is 513 g/mol. The molecule has 5 heterocycles. The molecule has 1 aromatic carbocycles. The molecule has 3 N–H and O–H groups in total. The molecule has 196 valence electrons. The summed E-state index contributed by atoms with van der Waals surface area (Å²) in [7, 11) is 0. The van der Waals surface area contributed by atoms with E-state index in [0.29, 0.717) is 30.3 Å². The number of benzene rings is 1. The minimum atomic E-state index is -0.283. The highest BCUT2D eigenvalue weighted by Crippen LogP contribution is 2.30. The number of ether oxygens (including phenoxy) is 2. The predicted molar refractivity (Wildman–Crippen MR) is 146 cm³/mol. The van der Waals surface area contributed by atoms with Gasteiger partial charge in [0.05, 0.1) is 18.6 Å². The maximum absolute atomic E-state index is 12.9. The number of hydrogen-bond donors (Lipinski definition) is 3. The van der Waals surface area contributed by atoms with Gasteiger partial charge in [-0.05, 0) is 62.7 Å². The first-order valence-electron chi connectivity index (χ1n) is 13.0. The number of nitrogens with zero attached hydrogens (tertiary/aromatic N) is 4. The lowest BCUT2D eigenvalue weighted by molar-refractivity contribution is 0.0553. The summed E-state index contributed by atoms with van der Waals surface area (Å²) >= 11 is 0. The Kier molecular flexibility index (Phi) is 6.65. The van der Waals surface area contributed by atoms with E-state index in [1.165, 1.54) is 0 Å². The van der Waals surface area contributed by atoms with Crippen LogP contribution in [0.25, 0.3) is 22.3 Å². The smallest absolute Gasteiger partial charge is 0.274 e. The summed E-state index contributed by atoms with van der Waals surface area (Å²) in [4.78, 5) is 31.7. The van der Waals surface area contributed by atoms with Crippen LogP contribution in [0, 0.1) is 0 Å². The minimum Gasteiger partial charge on any atom is -0.487 e. The first-order chi connectivity index (χ1) is 18.6. The first-order valence-corrected chi connectivity index (χ1v) is 13.0. The molecule has 2 saturated heterocycles. The van der Waals surface area contributed by atoms with E-state index in [1.54, 1.807) is 24.7 Å². The summed E-state index contributed by atoms with van der Waals surface area (Å²) in [6.45, 7) is 6.96. The van der Waals surface area contributed by atoms with Crippen molar-refractivity contribution in [1.29, 1.82) is 0 Å². The number of morpholine rings is 1. The molecule has 0 bridgehead atoms. The molecule has 0 saturated carbocycles. The Morgan fingerprint density at radius 2 is 1.84 bits per heavy atom. The highest BCUT2D eigenvalue weighted by atomic mass is 16.5. The number of nitrogens with one attached hydrogen (secondary N) is 3. The fraction of sp³-hybridized carbons (Fsp3) is 0.357. The molecule has 0 radical (unpaired) electrons. The molecule has 0 unspecified atom stereocenters. The van der Waals surface area contributed by atoms with Gasteiger partial charge in [0.25, 0.3) is 5.91 Å². The number of pyridine rings is 1. The van der Waals surface area contributed by atoms with Gasteiger partial charge < -0.3 is 30.0 Å². The lowest BCUT2D eigenvalue weighted by atomic mass is 9.94. The number of piperidine rings is 1. The molecule has 2 aliphatic rings. The molecule has 0 spiro atoms. The van der Waals surface area contributed by atoms with Crippen molar-refractivity contribution in [2.24, 2.45) is 0 Å². The Balaban J connectivity index is 1.15. The molecule has 6 rings (SSSR count). The summed E-state index contributed by atoms with van der Waals surface area (Å²) in [5.41, 5.74) is 3.47. The van der Waals surface area contributed by atoms with Gasteiger partial charge in [-0.25, -0.2) is 9.97 Å². The molecule has 2 aliphatic heterocycles. The van der Waals surface area contributed by atoms with Crippen molar-refractivity contribution in [3.8, 4) is 17.0 Å². The van der Waals surface area contributed by atoms with Crippen LogP contribution in [0.5, 0.6) is 5.75 Å². The minimum absolute atomic E-state index is 0.243. The molecule has 0 aliphatic carbocycles. The molecule has 4 aromatic rings. The lowest BCUT2D eigenvalue weighted by Crippen LogP contribution is -2.43. The third kappa shape index (κ3) is 5.18. The summed E-state index contributed by atoms with van der Waals surface area (Å²) in [6, 6.07) is 13.3. The molecular weight excluding hydrogens is 482 g/mol. The van der Waals surface area contributed by atoms with Crippen LogP contribution in [0.2, 0.25) is 0 Å². The van der Waals surface area contributed by atoms with E-state index in [9.17, 15) is 4.79 Å². The summed E-state index contributed by atoms with van der Waals surface area (Å²) in [6.07, 6.45) is 5.04. The number of carbonyl (C=O) groups is 1. The van der Waals surface area contributed by atoms with E-state index >= 15 is 0 Å². The second kappa shape index (κ2) is 10.4. The highest BCUT2D eigenvalue weighted by molar-refractivity contribution is 6.03. The Labute approximate surface area is 220 Å². The van der Waals surface area contributed by atoms with Crippen molar-refractivity contribution in [2.45, 2.75) is 25.4 Å². The normalized spacial score (nSPS) is 17.3. The zero-order valence-electron chi connectivity index (χ0n) is 21.4. The van der Waals surface area contributed by atoms with E-state index in [4.69, 9.17) is 9.47 Å². The van der Waals surface area contributed by atoms with Crippen LogP contribution in [0.1, 0.15) is 30.3 Å². The molecule has 38 heavy (non-hydrogen) atoms. The zero-order valence-corrected chi connectivity index (χ0v) is 21.4. The summed E-state index contributed by atoms with van der Waals surface area (Å²) in [5.74, 6) is 1.29. The molecule has 10 nitrogen and oxygen atoms in total. The van der Waals surface area contributed by atoms with E-state index in [0.717, 1.165) is 67.1 Å². The van der Waals surface area contributed by atoms with Crippen LogP contribution in [-0.2, 0) is 4.74 Å². The summed E-state index contributed by atoms with van der Waals surface area (Å²) < 4.78 is 11.7. The molecule has 3 aromatic heterocycles. The summed E-state index contributed by atoms with van der Waals surface area (Å²) in [5, 5.41) is 7.27. The Hall–Kier alpha value is -4.02. The molecule has 10 heteroatoms. The third-order valence-corrected chi connectivity index (χ3v) is 7.16. The number of aromatic amines is 1. The predicted octanol–water partition coefficient (Wildman–Crippen LogP) is 3.63. The number of aromatic nitrogens is 4. The number of fused-ring (bicyclic) bond motifs is 1. The second-order valence-corrected chi connectivity index (χ2v) is 9.95. The van der Waals surface area contributed by atoms with Gasteiger partial charge in [0.1, 0.15) is 34.8 Å². The van der Waals surface area contributed by atoms with E-state index in [2.05, 4.69) is 48.5 Å². The van der Waals surface area contributed by atoms with E-state index < -0.39 is 0 Å². The van der Waals surface area contributed by atoms with Gasteiger partial charge in [-0.3, -0.25) is 9.78 Å². The van der Waals surface area contributed by atoms with Crippen LogP contribution in [0.3, 0.4) is 0 Å². The van der Waals surface area contributed by atoms with Gasteiger partial charge in [-0.2, -0.15) is 0 Å². The molecule has 1 amide bonds. The fourth-order valence-corrected chi connectivity index (χ4v) is 4.98. The average Bonchev–Trinajstić information content (AvgIpc) is 3.39. The van der Waals surface area contributed by atoms with Crippen molar-refractivity contribution in [3.63, 3.8) is 0 Å². The standard InChI is InChI=1S/C28H31N7O3/c1-28(7-10-29-11-8-28)38-21-6-9-30-24(16-21)27(36)33-20-4-2-19(3-5-20)23-17-22-25(34-23)31-18-32-26(22)35-12-14-37-15-13-35/h2-6,9,16-18,29H,7-8,10-15H2,1H3,(H,33,36)(H,31,32,34). The number of anilines is 2. The van der Waals surface area contributed by atoms with Crippen molar-refractivity contribution in [2.75, 3.05) is 49.6 Å². The van der Waals surface area contributed by atoms with Gasteiger partial charge in [0, 0.05) is 36.7 Å². The number of rotatable bonds is 6. The first kappa shape index (κ1) is 24.3. The molecular formula is C28H31N7O3. The van der Waals surface area contributed by atoms with Crippen LogP contribution >= 0.6 is 0 Å². The van der Waals surface area contributed by atoms with Gasteiger partial charge >= 0.3 is 0 Å². The van der Waals surface area contributed by atoms with Crippen LogP contribution in [-0.4, -0.2) is 70.8 Å². The Bertz CT molecular complexity index is 1420. The van der Waals surface area contributed by atoms with Crippen LogP contribution in [0.15, 0.2) is 55.0 Å². The maximum atomic E-state index is 12.9. The van der Waals surface area contributed by atoms with Crippen molar-refractivity contribution < 1.29 is 14.3 Å². The molecule has 0 atom stereocenters. The second-order valence-electron chi connectivity index (χ2n) is 9.95. The van der Waals surface area contributed by atoms with Gasteiger partial charge in [-0.15, -0.1) is 0 Å². The van der Waals surface area contributed by atoms with Crippen molar-refractivity contribution in [1.82, 2.24) is 25.3 Å². The number of H-pyrrole nitrogens is 1. The number of hydrogen-bond acceptors (Lipinski definition) is 8. The number of carbonyl (C=O) groups excluding carboxylic acids is 1. The maximum Gasteiger partial charge on any atom is 0.274 e. The Morgan fingerprint density at radius 1 is 1.05 bits per heavy atom.